The summed E-state index contributed by atoms with van der Waals surface area (Å²) in [4.78, 5) is 108. The minimum absolute atomic E-state index is 0.103. The van der Waals surface area contributed by atoms with Crippen LogP contribution in [0.1, 0.15) is 81.7 Å². The van der Waals surface area contributed by atoms with E-state index in [0.717, 1.165) is 48.5 Å². The van der Waals surface area contributed by atoms with Gasteiger partial charge in [0.1, 0.15) is 88.6 Å². The maximum Gasteiger partial charge on any atom is 0.249 e. The van der Waals surface area contributed by atoms with Crippen LogP contribution >= 0.6 is 23.2 Å². The molecule has 6 aliphatic heterocycles. The van der Waals surface area contributed by atoms with E-state index in [0.29, 0.717) is 13.0 Å². The Morgan fingerprint density at radius 1 is 0.594 bits per heavy atom. The van der Waals surface area contributed by atoms with Crippen molar-refractivity contribution in [3.05, 3.63) is 164 Å². The third kappa shape index (κ3) is 14.0. The van der Waals surface area contributed by atoms with Gasteiger partial charge in [0.2, 0.25) is 47.1 Å². The predicted octanol–water partition coefficient (Wildman–Crippen LogP) is 3.95. The maximum absolute atomic E-state index is 15.9. The lowest BCUT2D eigenvalue weighted by Crippen LogP contribution is -2.56. The Balaban J connectivity index is 1.12. The molecule has 17 bridgehead atoms. The number of aliphatic hydroxyl groups excluding tert-OH is 3. The fourth-order valence-electron chi connectivity index (χ4n) is 11.6. The Morgan fingerprint density at radius 3 is 1.88 bits per heavy atom. The zero-order chi connectivity index (χ0) is 68.5. The number of amides is 7. The summed E-state index contributed by atoms with van der Waals surface area (Å²) < 4.78 is 18.7. The first-order valence-electron chi connectivity index (χ1n) is 29.8. The lowest BCUT2D eigenvalue weighted by Gasteiger charge is -2.32. The molecule has 0 aliphatic carbocycles. The topological polar surface area (TPSA) is 429 Å². The number of nitrogens with zero attached hydrogens (tertiary/aromatic N) is 1. The van der Waals surface area contributed by atoms with Crippen LogP contribution in [0, 0.1) is 0 Å². The van der Waals surface area contributed by atoms with Crippen molar-refractivity contribution in [1.82, 2.24) is 47.4 Å². The molecule has 28 nitrogen and oxygen atoms in total. The Hall–Kier alpha value is -10.6. The second-order valence-corrected chi connectivity index (χ2v) is 24.0. The van der Waals surface area contributed by atoms with Crippen LogP contribution in [0.5, 0.6) is 69.0 Å². The molecule has 0 saturated carbocycles. The number of likely N-dealkylation sites (N-methyl/N-ethyl adjacent to an activating group) is 1. The van der Waals surface area contributed by atoms with Crippen molar-refractivity contribution in [1.29, 1.82) is 0 Å². The highest BCUT2D eigenvalue weighted by Crippen LogP contribution is 2.48. The van der Waals surface area contributed by atoms with Gasteiger partial charge in [-0.25, -0.2) is 0 Å². The van der Waals surface area contributed by atoms with Gasteiger partial charge in [0.05, 0.1) is 22.8 Å². The summed E-state index contributed by atoms with van der Waals surface area (Å²) in [6.07, 6.45) is -3.46. The highest BCUT2D eigenvalue weighted by atomic mass is 35.5. The van der Waals surface area contributed by atoms with E-state index < -0.39 is 148 Å². The molecule has 6 aliphatic rings. The van der Waals surface area contributed by atoms with Crippen molar-refractivity contribution in [3.8, 4) is 80.1 Å². The van der Waals surface area contributed by atoms with Gasteiger partial charge >= 0.3 is 0 Å². The minimum Gasteiger partial charge on any atom is -0.508 e. The number of rotatable bonds is 9. The van der Waals surface area contributed by atoms with E-state index in [-0.39, 0.29) is 103 Å². The Labute approximate surface area is 555 Å². The summed E-state index contributed by atoms with van der Waals surface area (Å²) in [5.74, 6) is -13.7. The molecule has 7 amide bonds. The molecule has 17 N–H and O–H groups in total. The van der Waals surface area contributed by atoms with Gasteiger partial charge in [-0.05, 0) is 138 Å². The van der Waals surface area contributed by atoms with Gasteiger partial charge in [0, 0.05) is 49.8 Å². The second-order valence-electron chi connectivity index (χ2n) is 23.2. The first-order valence-corrected chi connectivity index (χ1v) is 30.6. The Bertz CT molecular complexity index is 4290. The van der Waals surface area contributed by atoms with Crippen molar-refractivity contribution >= 4 is 64.6 Å². The Morgan fingerprint density at radius 2 is 1.20 bits per heavy atom. The van der Waals surface area contributed by atoms with Crippen LogP contribution in [0.3, 0.4) is 0 Å². The number of phenolic OH excluding ortho intramolecular Hbond substituents is 6. The molecule has 96 heavy (non-hydrogen) atoms. The van der Waals surface area contributed by atoms with Crippen LogP contribution in [0.2, 0.25) is 10.0 Å². The van der Waals surface area contributed by atoms with E-state index in [9.17, 15) is 55.5 Å². The summed E-state index contributed by atoms with van der Waals surface area (Å²) in [7, 11) is 3.13. The summed E-state index contributed by atoms with van der Waals surface area (Å²) in [6.45, 7) is -0.542. The molecule has 0 aromatic heterocycles. The maximum atomic E-state index is 15.9. The number of fused-ring (bicyclic) bond motifs is 14. The molecule has 9 atom stereocenters. The normalized spacial score (nSPS) is 21.2. The number of benzene rings is 7. The molecule has 7 aromatic carbocycles. The number of aromatic hydroxyl groups is 6. The number of nitrogens with one attached hydrogen (secondary N) is 8. The first-order chi connectivity index (χ1) is 45.9. The van der Waals surface area contributed by atoms with E-state index in [1.165, 1.54) is 78.7 Å². The van der Waals surface area contributed by atoms with Crippen molar-refractivity contribution < 1.29 is 93.7 Å². The van der Waals surface area contributed by atoms with Gasteiger partial charge in [-0.15, -0.1) is 0 Å². The van der Waals surface area contributed by atoms with E-state index in [1.54, 1.807) is 7.05 Å². The largest absolute Gasteiger partial charge is 0.508 e. The molecule has 0 spiro atoms. The van der Waals surface area contributed by atoms with E-state index in [2.05, 4.69) is 42.5 Å². The molecule has 500 valence electrons. The van der Waals surface area contributed by atoms with Crippen LogP contribution in [0.15, 0.2) is 115 Å². The van der Waals surface area contributed by atoms with Gasteiger partial charge in [0.25, 0.3) is 0 Å². The van der Waals surface area contributed by atoms with Crippen LogP contribution in [-0.4, -0.2) is 151 Å². The van der Waals surface area contributed by atoms with Crippen LogP contribution in [-0.2, 0) is 40.0 Å². The number of halogens is 2. The van der Waals surface area contributed by atoms with Gasteiger partial charge < -0.3 is 102 Å². The molecule has 30 heteroatoms. The smallest absolute Gasteiger partial charge is 0.249 e. The average Bonchev–Trinajstić information content (AvgIpc) is 0.770. The second kappa shape index (κ2) is 27.8. The first kappa shape index (κ1) is 66.9. The summed E-state index contributed by atoms with van der Waals surface area (Å²) in [6, 6.07) is 9.05. The fraction of sp³-hybridized carbons (Fsp3) is 0.258. The molecule has 0 saturated heterocycles. The predicted molar refractivity (Wildman–Crippen MR) is 340 cm³/mol. The summed E-state index contributed by atoms with van der Waals surface area (Å²) in [5.41, 5.74) is -1.55. The number of phenols is 6. The molecule has 7 aromatic rings. The SMILES string of the molecule is CNCCCN(C)C(=O)[C@H]1NC(=O)[C@H]2NC(=O)[C@H](NC(=O)[C@@H]3NC(=O)[C@H]4NC(=O)[C@@H](Cc5ccc(c(Cl)c5)Oc5cc3cc(c5O)Oc3ccc(cc3Cl)[C@H]2O)NC(=O)[C@@H](NCC(O)CO)c2ccc(O)c(c2)Oc2cc(O)cc4c2)c2ccc(O)c(c2)-c2c(O)cc(O)cc21. The number of ether oxygens (including phenoxy) is 3. The fourth-order valence-corrected chi connectivity index (χ4v) is 12.0. The van der Waals surface area contributed by atoms with Crippen molar-refractivity contribution in [2.75, 3.05) is 40.3 Å². The van der Waals surface area contributed by atoms with E-state index >= 15 is 24.0 Å². The standard InChI is InChI=1S/C66H63Cl2N9O19/c1-69-12-3-13-77(2)66(93)56-39-24-35(80)25-45(84)51(39)38-18-29(5-8-43(38)82)53-62(89)76-57(65(92)75-56)58(85)31-7-11-47(41(68)19-31)96-50-22-33-21-49(59(50)86)95-46-10-4-28(14-40(46)67)15-42-60(87)72-54(63(90)74-55(33)64(91)73-53)32-16-34(79)23-37(17-32)94-48-20-30(6-9-44(48)83)52(61(88)71-42)70-26-36(81)27-78/h4-11,14,16-25,36,42,52-58,69-70,78-86H,3,12-13,15,26-27H2,1-2H3,(H,71,88)(H,72,87)(H,73,91)(H,74,90)(H,75,92)(H,76,89)/t36?,42-,52+,53-,54+,55-,56+,57+,58-/m1/s1. The summed E-state index contributed by atoms with van der Waals surface area (Å²) in [5, 5.41) is 123. The molecule has 0 fully saturated rings. The lowest BCUT2D eigenvalue weighted by atomic mass is 9.89. The van der Waals surface area contributed by atoms with Gasteiger partial charge in [-0.1, -0.05) is 47.5 Å². The van der Waals surface area contributed by atoms with Gasteiger partial charge in [-0.2, -0.15) is 0 Å². The third-order valence-electron chi connectivity index (χ3n) is 16.5. The lowest BCUT2D eigenvalue weighted by molar-refractivity contribution is -0.139. The van der Waals surface area contributed by atoms with E-state index in [1.807, 2.05) is 0 Å². The van der Waals surface area contributed by atoms with Gasteiger partial charge in [-0.3, -0.25) is 38.9 Å². The summed E-state index contributed by atoms with van der Waals surface area (Å²) >= 11 is 13.9. The molecule has 1 unspecified atom stereocenters. The van der Waals surface area contributed by atoms with Crippen LogP contribution in [0.25, 0.3) is 11.1 Å². The number of hydrogen-bond donors (Lipinski definition) is 17. The monoisotopic (exact) mass is 1360 g/mol. The molecular formula is C66H63Cl2N9O19. The number of hydrogen-bond acceptors (Lipinski definition) is 21. The molecule has 13 rings (SSSR count). The molecular weight excluding hydrogens is 1290 g/mol. The quantitative estimate of drug-likeness (QED) is 0.0910. The average molecular weight is 1360 g/mol. The third-order valence-corrected chi connectivity index (χ3v) is 17.1. The van der Waals surface area contributed by atoms with Crippen molar-refractivity contribution in [2.45, 2.75) is 67.3 Å². The minimum atomic E-state index is -2.19. The van der Waals surface area contributed by atoms with Crippen LogP contribution < -0.4 is 56.7 Å². The van der Waals surface area contributed by atoms with Crippen molar-refractivity contribution in [3.63, 3.8) is 0 Å². The number of aliphatic hydroxyl groups is 3. The zero-order valence-electron chi connectivity index (χ0n) is 50.7. The number of carbonyl (C=O) groups excluding carboxylic acids is 7. The Kier molecular flexibility index (Phi) is 19.3. The van der Waals surface area contributed by atoms with E-state index in [4.69, 9.17) is 37.4 Å². The molecule has 6 heterocycles. The molecule has 0 radical (unpaired) electrons. The van der Waals surface area contributed by atoms with Gasteiger partial charge in [0.15, 0.2) is 23.0 Å². The zero-order valence-corrected chi connectivity index (χ0v) is 52.2. The highest BCUT2D eigenvalue weighted by Gasteiger charge is 2.42. The van der Waals surface area contributed by atoms with Crippen molar-refractivity contribution in [2.24, 2.45) is 0 Å². The van der Waals surface area contributed by atoms with Crippen LogP contribution in [0.4, 0.5) is 0 Å². The highest BCUT2D eigenvalue weighted by molar-refractivity contribution is 6.32. The number of carbonyl (C=O) groups is 7.